The standard InChI is InChI=1S/C41H59N7O8/c1-23(2)20-29-36(52)44-31(22-27-15-17-28(50)18-16-27)37(53)43-30(21-26-12-9-8-10-13-26)35(51)42-24(3)34(40(56)47-41(5,6)7)48-19-11-14-32(48)38(54)46-33(25(4)49)39(55)45-29/h8-10,12-13,15-18,23-25,29-34,49-50H,11,14,19-22H2,1-7H3,(H,42,51)(H,43,53)(H,44,52)(H,45,55)(H,46,54)(H,47,56)/t24-,25+,29+,30-,31-,32-,33-,34-/m0/s1. The van der Waals surface area contributed by atoms with Crippen LogP contribution in [0.5, 0.6) is 5.75 Å². The average Bonchev–Trinajstić information content (AvgIpc) is 3.58. The second-order valence-corrected chi connectivity index (χ2v) is 16.5. The number of rotatable bonds is 8. The van der Waals surface area contributed by atoms with Crippen LogP contribution in [0.2, 0.25) is 0 Å². The van der Waals surface area contributed by atoms with Crippen LogP contribution in [0.15, 0.2) is 54.6 Å². The highest BCUT2D eigenvalue weighted by molar-refractivity contribution is 5.97. The topological polar surface area (TPSA) is 218 Å². The number of phenolic OH excluding ortho intramolecular Hbond substituents is 1. The van der Waals surface area contributed by atoms with Crippen LogP contribution in [0.1, 0.15) is 78.9 Å². The number of aromatic hydroxyl groups is 1. The zero-order valence-electron chi connectivity index (χ0n) is 33.4. The molecule has 2 aliphatic heterocycles. The first-order valence-corrected chi connectivity index (χ1v) is 19.4. The van der Waals surface area contributed by atoms with E-state index in [0.29, 0.717) is 24.9 Å². The molecule has 2 heterocycles. The highest BCUT2D eigenvalue weighted by Gasteiger charge is 2.44. The third-order valence-corrected chi connectivity index (χ3v) is 9.89. The molecule has 0 radical (unpaired) electrons. The highest BCUT2D eigenvalue weighted by Crippen LogP contribution is 2.24. The number of hydrogen-bond acceptors (Lipinski definition) is 9. The predicted molar refractivity (Wildman–Crippen MR) is 210 cm³/mol. The monoisotopic (exact) mass is 777 g/mol. The van der Waals surface area contributed by atoms with Gasteiger partial charge in [-0.25, -0.2) is 0 Å². The van der Waals surface area contributed by atoms with Crippen molar-refractivity contribution < 1.29 is 39.0 Å². The minimum absolute atomic E-state index is 0.00913. The first-order valence-electron chi connectivity index (χ1n) is 19.4. The molecule has 0 aliphatic carbocycles. The van der Waals surface area contributed by atoms with Gasteiger partial charge >= 0.3 is 0 Å². The molecule has 2 saturated heterocycles. The first kappa shape index (κ1) is 43.7. The largest absolute Gasteiger partial charge is 0.508 e. The van der Waals surface area contributed by atoms with Crippen LogP contribution in [-0.2, 0) is 41.6 Å². The fourth-order valence-corrected chi connectivity index (χ4v) is 7.22. The van der Waals surface area contributed by atoms with Gasteiger partial charge < -0.3 is 42.1 Å². The van der Waals surface area contributed by atoms with Crippen molar-refractivity contribution in [3.05, 3.63) is 65.7 Å². The lowest BCUT2D eigenvalue weighted by Gasteiger charge is -2.38. The van der Waals surface area contributed by atoms with Crippen LogP contribution in [0.3, 0.4) is 0 Å². The summed E-state index contributed by atoms with van der Waals surface area (Å²) >= 11 is 0. The second kappa shape index (κ2) is 19.2. The van der Waals surface area contributed by atoms with E-state index < -0.39 is 89.4 Å². The Kier molecular flexibility index (Phi) is 15.0. The fourth-order valence-electron chi connectivity index (χ4n) is 7.22. The van der Waals surface area contributed by atoms with Gasteiger partial charge in [0.15, 0.2) is 0 Å². The molecule has 8 N–H and O–H groups in total. The molecule has 0 unspecified atom stereocenters. The van der Waals surface area contributed by atoms with Gasteiger partial charge in [0.05, 0.1) is 18.2 Å². The molecule has 15 nitrogen and oxygen atoms in total. The molecule has 0 spiro atoms. The highest BCUT2D eigenvalue weighted by atomic mass is 16.3. The van der Waals surface area contributed by atoms with E-state index in [1.807, 2.05) is 65.0 Å². The van der Waals surface area contributed by atoms with E-state index in [4.69, 9.17) is 0 Å². The van der Waals surface area contributed by atoms with E-state index in [1.165, 1.54) is 19.1 Å². The van der Waals surface area contributed by atoms with Gasteiger partial charge in [-0.05, 0) is 89.6 Å². The molecule has 8 atom stereocenters. The maximum atomic E-state index is 14.3. The Hall–Kier alpha value is -5.02. The van der Waals surface area contributed by atoms with Crippen LogP contribution >= 0.6 is 0 Å². The van der Waals surface area contributed by atoms with Crippen molar-refractivity contribution in [1.29, 1.82) is 0 Å². The zero-order chi connectivity index (χ0) is 41.3. The average molecular weight is 778 g/mol. The van der Waals surface area contributed by atoms with E-state index in [2.05, 4.69) is 31.9 Å². The number of carbonyl (C=O) groups is 6. The maximum absolute atomic E-state index is 14.3. The molecular weight excluding hydrogens is 718 g/mol. The summed E-state index contributed by atoms with van der Waals surface area (Å²) in [5, 5.41) is 37.6. The smallest absolute Gasteiger partial charge is 0.245 e. The van der Waals surface area contributed by atoms with E-state index in [-0.39, 0.29) is 30.9 Å². The van der Waals surface area contributed by atoms with Gasteiger partial charge in [-0.15, -0.1) is 0 Å². The molecular formula is C41H59N7O8. The minimum Gasteiger partial charge on any atom is -0.508 e. The van der Waals surface area contributed by atoms with Crippen molar-refractivity contribution in [2.24, 2.45) is 5.92 Å². The number of carbonyl (C=O) groups excluding carboxylic acids is 6. The number of phenols is 1. The van der Waals surface area contributed by atoms with Gasteiger partial charge in [0.25, 0.3) is 0 Å². The number of aliphatic hydroxyl groups excluding tert-OH is 1. The van der Waals surface area contributed by atoms with Gasteiger partial charge in [-0.2, -0.15) is 0 Å². The summed E-state index contributed by atoms with van der Waals surface area (Å²) in [7, 11) is 0. The molecule has 56 heavy (non-hydrogen) atoms. The van der Waals surface area contributed by atoms with E-state index >= 15 is 0 Å². The third kappa shape index (κ3) is 12.2. The Labute approximate surface area is 329 Å². The Morgan fingerprint density at radius 1 is 0.768 bits per heavy atom. The summed E-state index contributed by atoms with van der Waals surface area (Å²) in [6.45, 7) is 12.5. The van der Waals surface area contributed by atoms with Crippen LogP contribution in [0, 0.1) is 5.92 Å². The summed E-state index contributed by atoms with van der Waals surface area (Å²) in [6.07, 6.45) is -0.291. The van der Waals surface area contributed by atoms with Crippen molar-refractivity contribution in [2.75, 3.05) is 6.54 Å². The first-order chi connectivity index (χ1) is 26.3. The number of hydrogen-bond donors (Lipinski definition) is 8. The maximum Gasteiger partial charge on any atom is 0.245 e. The number of fused-ring (bicyclic) bond motifs is 1. The molecule has 306 valence electrons. The molecule has 2 aromatic carbocycles. The summed E-state index contributed by atoms with van der Waals surface area (Å²) < 4.78 is 0. The van der Waals surface area contributed by atoms with Crippen molar-refractivity contribution >= 4 is 35.4 Å². The van der Waals surface area contributed by atoms with Crippen LogP contribution in [0.25, 0.3) is 0 Å². The molecule has 2 fully saturated rings. The van der Waals surface area contributed by atoms with Gasteiger partial charge in [0.2, 0.25) is 35.4 Å². The van der Waals surface area contributed by atoms with Crippen molar-refractivity contribution in [1.82, 2.24) is 36.8 Å². The Balaban J connectivity index is 1.82. The van der Waals surface area contributed by atoms with E-state index in [0.717, 1.165) is 5.56 Å². The van der Waals surface area contributed by atoms with E-state index in [9.17, 15) is 39.0 Å². The third-order valence-electron chi connectivity index (χ3n) is 9.89. The summed E-state index contributed by atoms with van der Waals surface area (Å²) in [5.41, 5.74) is 0.678. The van der Waals surface area contributed by atoms with Gasteiger partial charge in [-0.3, -0.25) is 33.7 Å². The Morgan fingerprint density at radius 3 is 1.86 bits per heavy atom. The number of aliphatic hydroxyl groups is 1. The zero-order valence-corrected chi connectivity index (χ0v) is 33.4. The molecule has 0 saturated carbocycles. The molecule has 2 aliphatic rings. The normalized spacial score (nSPS) is 26.7. The van der Waals surface area contributed by atoms with Crippen LogP contribution < -0.4 is 31.9 Å². The fraction of sp³-hybridized carbons (Fsp3) is 0.561. The Morgan fingerprint density at radius 2 is 1.30 bits per heavy atom. The van der Waals surface area contributed by atoms with Crippen molar-refractivity contribution in [3.63, 3.8) is 0 Å². The summed E-state index contributed by atoms with van der Waals surface area (Å²) in [4.78, 5) is 86.3. The van der Waals surface area contributed by atoms with Gasteiger partial charge in [-0.1, -0.05) is 56.3 Å². The minimum atomic E-state index is -1.46. The number of amides is 6. The quantitative estimate of drug-likeness (QED) is 0.190. The van der Waals surface area contributed by atoms with E-state index in [1.54, 1.807) is 24.0 Å². The Bertz CT molecular complexity index is 1700. The molecule has 2 aromatic rings. The second-order valence-electron chi connectivity index (χ2n) is 16.5. The molecule has 15 heteroatoms. The lowest BCUT2D eigenvalue weighted by Crippen LogP contribution is -2.66. The van der Waals surface area contributed by atoms with Crippen molar-refractivity contribution in [2.45, 2.75) is 135 Å². The van der Waals surface area contributed by atoms with Crippen molar-refractivity contribution in [3.8, 4) is 5.75 Å². The molecule has 0 bridgehead atoms. The summed E-state index contributed by atoms with van der Waals surface area (Å²) in [5.74, 6) is -3.86. The van der Waals surface area contributed by atoms with Crippen LogP contribution in [-0.4, -0.2) is 111 Å². The number of nitrogens with zero attached hydrogens (tertiary/aromatic N) is 1. The molecule has 6 amide bonds. The molecule has 0 aromatic heterocycles. The molecule has 4 rings (SSSR count). The number of benzene rings is 2. The predicted octanol–water partition coefficient (Wildman–Crippen LogP) is 0.810. The lowest BCUT2D eigenvalue weighted by atomic mass is 9.98. The van der Waals surface area contributed by atoms with Gasteiger partial charge in [0.1, 0.15) is 36.0 Å². The van der Waals surface area contributed by atoms with Gasteiger partial charge in [0, 0.05) is 18.4 Å². The van der Waals surface area contributed by atoms with Crippen LogP contribution in [0.4, 0.5) is 0 Å². The summed E-state index contributed by atoms with van der Waals surface area (Å²) in [6, 6.07) is 7.33. The lowest BCUT2D eigenvalue weighted by molar-refractivity contribution is -0.139. The number of nitrogens with one attached hydrogen (secondary N) is 6. The SMILES string of the molecule is CC(C)C[C@H]1NC(=O)[C@H]([C@@H](C)O)NC(=O)[C@@H]2CCCN2[C@H](C(=O)NC(C)(C)C)[C@H](C)NC(=O)[C@H](Cc2ccccc2)NC(=O)[C@H](Cc2ccc(O)cc2)NC1=O.